The fourth-order valence-corrected chi connectivity index (χ4v) is 2.02. The maximum absolute atomic E-state index is 8.91. The van der Waals surface area contributed by atoms with Gasteiger partial charge >= 0.3 is 0 Å². The lowest BCUT2D eigenvalue weighted by Crippen LogP contribution is -2.27. The SMILES string of the molecule is C=C1[C@@H](C#N)[C@@]2(C)C=C[C@@]1(C)O2. The van der Waals surface area contributed by atoms with Crippen molar-refractivity contribution in [2.24, 2.45) is 5.92 Å². The summed E-state index contributed by atoms with van der Waals surface area (Å²) in [5.41, 5.74) is 0.0606. The third-order valence-electron chi connectivity index (χ3n) is 2.85. The molecule has 2 rings (SSSR count). The van der Waals surface area contributed by atoms with Crippen molar-refractivity contribution in [3.8, 4) is 6.07 Å². The van der Waals surface area contributed by atoms with Crippen LogP contribution in [0.5, 0.6) is 0 Å². The van der Waals surface area contributed by atoms with Gasteiger partial charge in [-0.25, -0.2) is 0 Å². The number of nitrogens with zero attached hydrogens (tertiary/aromatic N) is 1. The maximum Gasteiger partial charge on any atom is 0.107 e. The Labute approximate surface area is 72.1 Å². The molecular formula is C10H11NO. The molecule has 2 heteroatoms. The number of rotatable bonds is 0. The van der Waals surface area contributed by atoms with Crippen LogP contribution in [-0.2, 0) is 4.74 Å². The fraction of sp³-hybridized carbons (Fsp3) is 0.500. The van der Waals surface area contributed by atoms with Crippen LogP contribution in [0.3, 0.4) is 0 Å². The monoisotopic (exact) mass is 161 g/mol. The van der Waals surface area contributed by atoms with Crippen LogP contribution in [0, 0.1) is 17.2 Å². The Morgan fingerprint density at radius 1 is 1.58 bits per heavy atom. The van der Waals surface area contributed by atoms with Gasteiger partial charge in [-0.2, -0.15) is 5.26 Å². The predicted octanol–water partition coefficient (Wildman–Crippen LogP) is 1.80. The molecule has 0 unspecified atom stereocenters. The summed E-state index contributed by atoms with van der Waals surface area (Å²) in [7, 11) is 0. The van der Waals surface area contributed by atoms with Crippen LogP contribution in [-0.4, -0.2) is 11.2 Å². The van der Waals surface area contributed by atoms with Crippen molar-refractivity contribution in [2.75, 3.05) is 0 Å². The van der Waals surface area contributed by atoms with Gasteiger partial charge in [0, 0.05) is 0 Å². The molecule has 1 fully saturated rings. The number of fused-ring (bicyclic) bond motifs is 2. The van der Waals surface area contributed by atoms with Crippen LogP contribution in [0.1, 0.15) is 13.8 Å². The molecule has 2 aliphatic heterocycles. The highest BCUT2D eigenvalue weighted by Gasteiger charge is 2.56. The van der Waals surface area contributed by atoms with Crippen molar-refractivity contribution in [3.63, 3.8) is 0 Å². The van der Waals surface area contributed by atoms with Crippen molar-refractivity contribution in [1.29, 1.82) is 5.26 Å². The summed E-state index contributed by atoms with van der Waals surface area (Å²) >= 11 is 0. The lowest BCUT2D eigenvalue weighted by molar-refractivity contribution is -0.0109. The van der Waals surface area contributed by atoms with E-state index < -0.39 is 11.2 Å². The fourth-order valence-electron chi connectivity index (χ4n) is 2.02. The molecule has 62 valence electrons. The molecule has 2 bridgehead atoms. The summed E-state index contributed by atoms with van der Waals surface area (Å²) in [6, 6.07) is 2.24. The zero-order valence-electron chi connectivity index (χ0n) is 7.29. The summed E-state index contributed by atoms with van der Waals surface area (Å²) in [5.74, 6) is -0.188. The maximum atomic E-state index is 8.91. The molecule has 0 N–H and O–H groups in total. The van der Waals surface area contributed by atoms with Gasteiger partial charge < -0.3 is 4.74 Å². The minimum absolute atomic E-state index is 0.188. The Morgan fingerprint density at radius 3 is 2.58 bits per heavy atom. The topological polar surface area (TPSA) is 33.0 Å². The number of hydrogen-bond donors (Lipinski definition) is 0. The number of ether oxygens (including phenoxy) is 1. The third-order valence-corrected chi connectivity index (χ3v) is 2.85. The van der Waals surface area contributed by atoms with E-state index in [0.29, 0.717) is 0 Å². The molecule has 0 spiro atoms. The highest BCUT2D eigenvalue weighted by molar-refractivity contribution is 5.43. The van der Waals surface area contributed by atoms with Gasteiger partial charge in [0.1, 0.15) is 17.1 Å². The quantitative estimate of drug-likeness (QED) is 0.507. The lowest BCUT2D eigenvalue weighted by atomic mass is 9.78. The number of hydrogen-bond acceptors (Lipinski definition) is 2. The summed E-state index contributed by atoms with van der Waals surface area (Å²) < 4.78 is 5.73. The second kappa shape index (κ2) is 1.81. The van der Waals surface area contributed by atoms with Gasteiger partial charge in [-0.15, -0.1) is 0 Å². The van der Waals surface area contributed by atoms with Crippen molar-refractivity contribution in [3.05, 3.63) is 24.3 Å². The molecule has 0 aromatic heterocycles. The average Bonchev–Trinajstić information content (AvgIpc) is 2.38. The first-order valence-corrected chi connectivity index (χ1v) is 4.01. The first-order chi connectivity index (χ1) is 5.52. The van der Waals surface area contributed by atoms with Crippen molar-refractivity contribution in [1.82, 2.24) is 0 Å². The molecule has 0 saturated carbocycles. The van der Waals surface area contributed by atoms with E-state index in [1.807, 2.05) is 26.0 Å². The minimum Gasteiger partial charge on any atom is -0.355 e. The van der Waals surface area contributed by atoms with Gasteiger partial charge in [0.05, 0.1) is 6.07 Å². The molecular weight excluding hydrogens is 150 g/mol. The number of nitriles is 1. The minimum atomic E-state index is -0.430. The van der Waals surface area contributed by atoms with Crippen LogP contribution in [0.25, 0.3) is 0 Å². The molecule has 0 radical (unpaired) electrons. The Balaban J connectivity index is 2.53. The molecule has 0 aromatic rings. The highest BCUT2D eigenvalue weighted by Crippen LogP contribution is 2.51. The Kier molecular flexibility index (Phi) is 1.14. The van der Waals surface area contributed by atoms with E-state index in [2.05, 4.69) is 12.6 Å². The molecule has 3 atom stereocenters. The summed E-state index contributed by atoms with van der Waals surface area (Å²) in [5, 5.41) is 8.91. The zero-order valence-corrected chi connectivity index (χ0v) is 7.29. The Morgan fingerprint density at radius 2 is 2.25 bits per heavy atom. The molecule has 12 heavy (non-hydrogen) atoms. The van der Waals surface area contributed by atoms with Crippen molar-refractivity contribution >= 4 is 0 Å². The molecule has 0 amide bonds. The second-order valence-electron chi connectivity index (χ2n) is 3.81. The zero-order chi connectivity index (χ0) is 8.98. The van der Waals surface area contributed by atoms with Crippen LogP contribution in [0.4, 0.5) is 0 Å². The van der Waals surface area contributed by atoms with Gasteiger partial charge in [0.25, 0.3) is 0 Å². The van der Waals surface area contributed by atoms with E-state index in [1.54, 1.807) is 0 Å². The molecule has 2 heterocycles. The van der Waals surface area contributed by atoms with Gasteiger partial charge in [-0.05, 0) is 19.4 Å². The molecule has 2 nitrogen and oxygen atoms in total. The molecule has 1 saturated heterocycles. The lowest BCUT2D eigenvalue weighted by Gasteiger charge is -2.20. The van der Waals surface area contributed by atoms with Crippen molar-refractivity contribution < 1.29 is 4.74 Å². The van der Waals surface area contributed by atoms with Crippen LogP contribution in [0.15, 0.2) is 24.3 Å². The average molecular weight is 161 g/mol. The van der Waals surface area contributed by atoms with Crippen LogP contribution >= 0.6 is 0 Å². The van der Waals surface area contributed by atoms with E-state index in [4.69, 9.17) is 10.00 Å². The van der Waals surface area contributed by atoms with Gasteiger partial charge in [0.15, 0.2) is 0 Å². The summed E-state index contributed by atoms with van der Waals surface area (Å²) in [4.78, 5) is 0. The summed E-state index contributed by atoms with van der Waals surface area (Å²) in [6.07, 6.45) is 3.96. The second-order valence-corrected chi connectivity index (χ2v) is 3.81. The molecule has 0 aromatic carbocycles. The van der Waals surface area contributed by atoms with Gasteiger partial charge in [-0.3, -0.25) is 0 Å². The van der Waals surface area contributed by atoms with E-state index in [1.165, 1.54) is 0 Å². The highest BCUT2D eigenvalue weighted by atomic mass is 16.5. The largest absolute Gasteiger partial charge is 0.355 e. The van der Waals surface area contributed by atoms with E-state index >= 15 is 0 Å². The van der Waals surface area contributed by atoms with Crippen LogP contribution < -0.4 is 0 Å². The van der Waals surface area contributed by atoms with E-state index in [0.717, 1.165) is 5.57 Å². The van der Waals surface area contributed by atoms with Gasteiger partial charge in [0.2, 0.25) is 0 Å². The summed E-state index contributed by atoms with van der Waals surface area (Å²) in [6.45, 7) is 7.79. The van der Waals surface area contributed by atoms with Crippen LogP contribution in [0.2, 0.25) is 0 Å². The normalized spacial score (nSPS) is 49.8. The molecule has 0 aliphatic carbocycles. The Bertz CT molecular complexity index is 325. The Hall–Kier alpha value is -1.07. The van der Waals surface area contributed by atoms with E-state index in [-0.39, 0.29) is 5.92 Å². The standard InChI is InChI=1S/C10H11NO/c1-7-8(6-11)10(3)5-4-9(7,2)12-10/h4-5,8H,1H2,2-3H3/t8-,9-,10-/m1/s1. The smallest absolute Gasteiger partial charge is 0.107 e. The predicted molar refractivity (Wildman–Crippen MR) is 45.3 cm³/mol. The van der Waals surface area contributed by atoms with Gasteiger partial charge in [-0.1, -0.05) is 18.7 Å². The molecule has 2 aliphatic rings. The first-order valence-electron chi connectivity index (χ1n) is 4.01. The first kappa shape index (κ1) is 7.57. The van der Waals surface area contributed by atoms with E-state index in [9.17, 15) is 0 Å². The van der Waals surface area contributed by atoms with Crippen molar-refractivity contribution in [2.45, 2.75) is 25.0 Å². The third kappa shape index (κ3) is 0.627.